The van der Waals surface area contributed by atoms with Gasteiger partial charge < -0.3 is 15.4 Å². The third-order valence-electron chi connectivity index (χ3n) is 5.05. The Kier molecular flexibility index (Phi) is 8.07. The maximum Gasteiger partial charge on any atom is 0.410 e. The van der Waals surface area contributed by atoms with Gasteiger partial charge in [0.2, 0.25) is 5.91 Å². The molecule has 1 aliphatic rings. The van der Waals surface area contributed by atoms with Crippen LogP contribution in [-0.2, 0) is 22.6 Å². The number of hydrogen-bond acceptors (Lipinski definition) is 5. The summed E-state index contributed by atoms with van der Waals surface area (Å²) in [7, 11) is 0. The molecule has 7 nitrogen and oxygen atoms in total. The van der Waals surface area contributed by atoms with E-state index >= 15 is 0 Å². The molecule has 1 aliphatic heterocycles. The van der Waals surface area contributed by atoms with Crippen molar-refractivity contribution in [3.63, 3.8) is 0 Å². The molecule has 3 rings (SSSR count). The maximum atomic E-state index is 13.8. The van der Waals surface area contributed by atoms with Gasteiger partial charge in [0.1, 0.15) is 12.4 Å². The van der Waals surface area contributed by atoms with E-state index < -0.39 is 29.6 Å². The van der Waals surface area contributed by atoms with Crippen LogP contribution in [0.1, 0.15) is 17.5 Å². The Morgan fingerprint density at radius 2 is 1.75 bits per heavy atom. The number of halogens is 3. The van der Waals surface area contributed by atoms with Gasteiger partial charge in [-0.05, 0) is 23.6 Å². The van der Waals surface area contributed by atoms with Crippen LogP contribution in [-0.4, -0.2) is 54.1 Å². The standard InChI is InChI=1S/C22H25F3N4O3/c23-18-13-20(25)19(24)11-16(18)10-17(26)12-21(30)29-9-8-28(7-6-27-29)22(31)32-14-15-4-2-1-3-5-15/h1-5,11,13,17,27H,6-10,12,14,26H2/t17-/m1/s1. The van der Waals surface area contributed by atoms with E-state index in [1.165, 1.54) is 9.91 Å². The fourth-order valence-corrected chi connectivity index (χ4v) is 3.35. The number of benzene rings is 2. The third-order valence-corrected chi connectivity index (χ3v) is 5.05. The van der Waals surface area contributed by atoms with Crippen LogP contribution in [0.25, 0.3) is 0 Å². The van der Waals surface area contributed by atoms with Crippen molar-refractivity contribution in [3.05, 3.63) is 71.0 Å². The number of nitrogens with zero attached hydrogens (tertiary/aromatic N) is 2. The van der Waals surface area contributed by atoms with Gasteiger partial charge in [-0.1, -0.05) is 30.3 Å². The second-order valence-corrected chi connectivity index (χ2v) is 7.51. The molecule has 0 radical (unpaired) electrons. The molecule has 2 amide bonds. The minimum absolute atomic E-state index is 0.0969. The van der Waals surface area contributed by atoms with E-state index in [0.29, 0.717) is 19.2 Å². The highest BCUT2D eigenvalue weighted by Crippen LogP contribution is 2.16. The summed E-state index contributed by atoms with van der Waals surface area (Å²) in [5, 5.41) is 1.35. The average Bonchev–Trinajstić information content (AvgIpc) is 3.03. The largest absolute Gasteiger partial charge is 0.445 e. The van der Waals surface area contributed by atoms with E-state index in [4.69, 9.17) is 10.5 Å². The van der Waals surface area contributed by atoms with E-state index in [9.17, 15) is 22.8 Å². The maximum absolute atomic E-state index is 13.8. The van der Waals surface area contributed by atoms with Crippen molar-refractivity contribution in [2.45, 2.75) is 25.5 Å². The van der Waals surface area contributed by atoms with Crippen LogP contribution in [0.15, 0.2) is 42.5 Å². The molecule has 0 saturated carbocycles. The number of nitrogens with two attached hydrogens (primary N) is 1. The molecule has 0 spiro atoms. The summed E-state index contributed by atoms with van der Waals surface area (Å²) in [6.07, 6.45) is -0.736. The first-order valence-electron chi connectivity index (χ1n) is 10.2. The van der Waals surface area contributed by atoms with E-state index in [1.807, 2.05) is 30.3 Å². The Morgan fingerprint density at radius 3 is 2.50 bits per heavy atom. The summed E-state index contributed by atoms with van der Waals surface area (Å²) < 4.78 is 45.5. The van der Waals surface area contributed by atoms with Gasteiger partial charge in [-0.15, -0.1) is 0 Å². The number of hydrogen-bond donors (Lipinski definition) is 2. The molecule has 0 bridgehead atoms. The van der Waals surface area contributed by atoms with Gasteiger partial charge >= 0.3 is 6.09 Å². The lowest BCUT2D eigenvalue weighted by Gasteiger charge is -2.23. The summed E-state index contributed by atoms with van der Waals surface area (Å²) >= 11 is 0. The van der Waals surface area contributed by atoms with Gasteiger partial charge in [-0.25, -0.2) is 23.4 Å². The monoisotopic (exact) mass is 450 g/mol. The minimum atomic E-state index is -1.28. The molecular formula is C22H25F3N4O3. The zero-order valence-corrected chi connectivity index (χ0v) is 17.4. The van der Waals surface area contributed by atoms with Crippen LogP contribution in [0.4, 0.5) is 18.0 Å². The molecular weight excluding hydrogens is 425 g/mol. The number of rotatable bonds is 6. The van der Waals surface area contributed by atoms with Crippen LogP contribution >= 0.6 is 0 Å². The molecule has 1 saturated heterocycles. The van der Waals surface area contributed by atoms with Crippen LogP contribution in [0.5, 0.6) is 0 Å². The highest BCUT2D eigenvalue weighted by atomic mass is 19.2. The smallest absolute Gasteiger partial charge is 0.410 e. The normalized spacial score (nSPS) is 15.2. The molecule has 1 fully saturated rings. The van der Waals surface area contributed by atoms with Crippen molar-refractivity contribution < 1.29 is 27.5 Å². The highest BCUT2D eigenvalue weighted by Gasteiger charge is 2.24. The molecule has 1 atom stereocenters. The van der Waals surface area contributed by atoms with Gasteiger partial charge in [0.25, 0.3) is 0 Å². The van der Waals surface area contributed by atoms with Crippen molar-refractivity contribution in [1.29, 1.82) is 0 Å². The lowest BCUT2D eigenvalue weighted by molar-refractivity contribution is -0.134. The number of ether oxygens (including phenoxy) is 1. The minimum Gasteiger partial charge on any atom is -0.445 e. The van der Waals surface area contributed by atoms with Crippen molar-refractivity contribution >= 4 is 12.0 Å². The van der Waals surface area contributed by atoms with Gasteiger partial charge in [-0.2, -0.15) is 0 Å². The Morgan fingerprint density at radius 1 is 1.03 bits per heavy atom. The number of carbonyl (C=O) groups is 2. The van der Waals surface area contributed by atoms with Crippen molar-refractivity contribution in [2.75, 3.05) is 26.2 Å². The fourth-order valence-electron chi connectivity index (χ4n) is 3.35. The topological polar surface area (TPSA) is 87.9 Å². The van der Waals surface area contributed by atoms with Crippen molar-refractivity contribution in [2.24, 2.45) is 5.73 Å². The van der Waals surface area contributed by atoms with E-state index in [1.54, 1.807) is 0 Å². The van der Waals surface area contributed by atoms with Gasteiger partial charge in [0, 0.05) is 38.2 Å². The zero-order chi connectivity index (χ0) is 23.1. The van der Waals surface area contributed by atoms with Crippen LogP contribution in [0.2, 0.25) is 0 Å². The van der Waals surface area contributed by atoms with Crippen LogP contribution in [0.3, 0.4) is 0 Å². The predicted octanol–water partition coefficient (Wildman–Crippen LogP) is 2.35. The summed E-state index contributed by atoms with van der Waals surface area (Å²) in [5.74, 6) is -3.71. The summed E-state index contributed by atoms with van der Waals surface area (Å²) in [6, 6.07) is 9.71. The second-order valence-electron chi connectivity index (χ2n) is 7.51. The summed E-state index contributed by atoms with van der Waals surface area (Å²) in [4.78, 5) is 26.4. The van der Waals surface area contributed by atoms with Gasteiger partial charge in [-0.3, -0.25) is 9.80 Å². The molecule has 10 heteroatoms. The lowest BCUT2D eigenvalue weighted by atomic mass is 10.0. The van der Waals surface area contributed by atoms with Crippen LogP contribution < -0.4 is 11.2 Å². The van der Waals surface area contributed by atoms with E-state index in [2.05, 4.69) is 5.43 Å². The second kappa shape index (κ2) is 11.0. The molecule has 2 aromatic rings. The molecule has 172 valence electrons. The first-order valence-corrected chi connectivity index (χ1v) is 10.2. The number of nitrogens with one attached hydrogen (secondary N) is 1. The van der Waals surface area contributed by atoms with Gasteiger partial charge in [0.15, 0.2) is 11.6 Å². The fraction of sp³-hybridized carbons (Fsp3) is 0.364. The molecule has 0 aliphatic carbocycles. The predicted molar refractivity (Wildman–Crippen MR) is 111 cm³/mol. The lowest BCUT2D eigenvalue weighted by Crippen LogP contribution is -2.46. The third kappa shape index (κ3) is 6.44. The van der Waals surface area contributed by atoms with E-state index in [0.717, 1.165) is 11.6 Å². The zero-order valence-electron chi connectivity index (χ0n) is 17.4. The SMILES string of the molecule is N[C@@H](CC(=O)N1CCN(C(=O)OCc2ccccc2)CCN1)Cc1cc(F)c(F)cc1F. The Bertz CT molecular complexity index is 946. The number of carbonyl (C=O) groups excluding carboxylic acids is 2. The first-order chi connectivity index (χ1) is 15.3. The van der Waals surface area contributed by atoms with Crippen molar-refractivity contribution in [3.8, 4) is 0 Å². The van der Waals surface area contributed by atoms with E-state index in [-0.39, 0.29) is 44.0 Å². The summed E-state index contributed by atoms with van der Waals surface area (Å²) in [5.41, 5.74) is 9.64. The first kappa shape index (κ1) is 23.6. The molecule has 32 heavy (non-hydrogen) atoms. The van der Waals surface area contributed by atoms with Crippen molar-refractivity contribution in [1.82, 2.24) is 15.3 Å². The number of amides is 2. The van der Waals surface area contributed by atoms with Crippen LogP contribution in [0, 0.1) is 17.5 Å². The average molecular weight is 450 g/mol. The molecule has 1 heterocycles. The molecule has 0 unspecified atom stereocenters. The quantitative estimate of drug-likeness (QED) is 0.660. The van der Waals surface area contributed by atoms with Gasteiger partial charge in [0.05, 0.1) is 6.54 Å². The summed E-state index contributed by atoms with van der Waals surface area (Å²) in [6.45, 7) is 1.31. The number of hydrazine groups is 1. The molecule has 2 aromatic carbocycles. The highest BCUT2D eigenvalue weighted by molar-refractivity contribution is 5.76. The Labute approximate surface area is 183 Å². The Balaban J connectivity index is 1.47. The molecule has 3 N–H and O–H groups in total. The Hall–Kier alpha value is -3.11. The molecule has 0 aromatic heterocycles.